The van der Waals surface area contributed by atoms with E-state index in [4.69, 9.17) is 11.6 Å². The second-order valence-electron chi connectivity index (χ2n) is 8.51. The molecule has 0 radical (unpaired) electrons. The molecule has 0 aliphatic heterocycles. The molecule has 1 nitrogen and oxygen atoms in total. The normalized spacial score (nSPS) is 41.4. The van der Waals surface area contributed by atoms with Crippen molar-refractivity contribution >= 4 is 16.8 Å². The molecule has 3 rings (SSSR count). The SMILES string of the molecule is CC(C)C1=CC2=CCC3[C@](C)(CCC[C@@]3(C)C(=O)Cl)C2CC1. The predicted octanol–water partition coefficient (Wildman–Crippen LogP) is 5.89. The van der Waals surface area contributed by atoms with Crippen molar-refractivity contribution in [3.8, 4) is 0 Å². The average molecular weight is 321 g/mol. The van der Waals surface area contributed by atoms with E-state index in [9.17, 15) is 4.79 Å². The van der Waals surface area contributed by atoms with Gasteiger partial charge in [0.05, 0.1) is 0 Å². The van der Waals surface area contributed by atoms with E-state index < -0.39 is 0 Å². The van der Waals surface area contributed by atoms with Gasteiger partial charge < -0.3 is 0 Å². The smallest absolute Gasteiger partial charge is 0.227 e. The Hall–Kier alpha value is -0.560. The second-order valence-corrected chi connectivity index (χ2v) is 8.85. The van der Waals surface area contributed by atoms with E-state index >= 15 is 0 Å². The van der Waals surface area contributed by atoms with Crippen LogP contribution in [0.5, 0.6) is 0 Å². The van der Waals surface area contributed by atoms with Crippen molar-refractivity contribution in [2.24, 2.45) is 28.6 Å². The van der Waals surface area contributed by atoms with Crippen LogP contribution in [0.2, 0.25) is 0 Å². The molecule has 3 aliphatic carbocycles. The number of rotatable bonds is 2. The van der Waals surface area contributed by atoms with E-state index in [2.05, 4.69) is 39.8 Å². The minimum atomic E-state index is -0.335. The number of hydrogen-bond donors (Lipinski definition) is 0. The van der Waals surface area contributed by atoms with Gasteiger partial charge in [0.25, 0.3) is 0 Å². The highest BCUT2D eigenvalue weighted by molar-refractivity contribution is 6.64. The fourth-order valence-electron chi connectivity index (χ4n) is 5.58. The summed E-state index contributed by atoms with van der Waals surface area (Å²) in [6, 6.07) is 0. The molecule has 0 aromatic carbocycles. The van der Waals surface area contributed by atoms with Gasteiger partial charge in [-0.1, -0.05) is 51.8 Å². The number of allylic oxidation sites excluding steroid dienone is 4. The van der Waals surface area contributed by atoms with Crippen LogP contribution in [-0.4, -0.2) is 5.24 Å². The molecule has 122 valence electrons. The minimum absolute atomic E-state index is 0.116. The van der Waals surface area contributed by atoms with Crippen molar-refractivity contribution in [1.82, 2.24) is 0 Å². The van der Waals surface area contributed by atoms with Crippen LogP contribution >= 0.6 is 11.6 Å². The van der Waals surface area contributed by atoms with Crippen LogP contribution in [0.25, 0.3) is 0 Å². The molecule has 3 aliphatic rings. The predicted molar refractivity (Wildman–Crippen MR) is 92.8 cm³/mol. The minimum Gasteiger partial charge on any atom is -0.281 e. The van der Waals surface area contributed by atoms with Crippen molar-refractivity contribution in [3.05, 3.63) is 23.3 Å². The average Bonchev–Trinajstić information content (AvgIpc) is 2.46. The Morgan fingerprint density at radius 3 is 2.68 bits per heavy atom. The number of hydrogen-bond acceptors (Lipinski definition) is 1. The quantitative estimate of drug-likeness (QED) is 0.580. The summed E-state index contributed by atoms with van der Waals surface area (Å²) in [5, 5.41) is -0.116. The summed E-state index contributed by atoms with van der Waals surface area (Å²) in [4.78, 5) is 12.2. The molecule has 0 saturated heterocycles. The Morgan fingerprint density at radius 1 is 1.32 bits per heavy atom. The zero-order valence-corrected chi connectivity index (χ0v) is 15.2. The summed E-state index contributed by atoms with van der Waals surface area (Å²) < 4.78 is 0. The van der Waals surface area contributed by atoms with Gasteiger partial charge >= 0.3 is 0 Å². The van der Waals surface area contributed by atoms with Crippen molar-refractivity contribution in [1.29, 1.82) is 0 Å². The summed E-state index contributed by atoms with van der Waals surface area (Å²) in [5.74, 6) is 1.67. The van der Waals surface area contributed by atoms with Gasteiger partial charge in [-0.05, 0) is 72.4 Å². The van der Waals surface area contributed by atoms with E-state index in [1.807, 2.05) is 0 Å². The van der Waals surface area contributed by atoms with Crippen LogP contribution in [0.15, 0.2) is 23.3 Å². The first-order valence-electron chi connectivity index (χ1n) is 8.89. The second kappa shape index (κ2) is 5.51. The molecule has 2 heteroatoms. The summed E-state index contributed by atoms with van der Waals surface area (Å²) in [6.07, 6.45) is 11.7. The highest BCUT2D eigenvalue weighted by Crippen LogP contribution is 2.62. The van der Waals surface area contributed by atoms with Crippen LogP contribution < -0.4 is 0 Å². The molecule has 1 fully saturated rings. The highest BCUT2D eigenvalue weighted by Gasteiger charge is 2.56. The van der Waals surface area contributed by atoms with Crippen molar-refractivity contribution < 1.29 is 4.79 Å². The summed E-state index contributed by atoms with van der Waals surface area (Å²) in [7, 11) is 0. The van der Waals surface area contributed by atoms with Crippen LogP contribution in [0.1, 0.15) is 66.2 Å². The fourth-order valence-corrected chi connectivity index (χ4v) is 5.81. The number of halogens is 1. The fraction of sp³-hybridized carbons (Fsp3) is 0.750. The van der Waals surface area contributed by atoms with Gasteiger partial charge in [-0.15, -0.1) is 0 Å². The van der Waals surface area contributed by atoms with Gasteiger partial charge in [-0.3, -0.25) is 4.79 Å². The largest absolute Gasteiger partial charge is 0.281 e. The van der Waals surface area contributed by atoms with E-state index in [0.29, 0.717) is 17.8 Å². The third-order valence-corrected chi connectivity index (χ3v) is 7.46. The first-order chi connectivity index (χ1) is 10.3. The topological polar surface area (TPSA) is 17.1 Å². The first kappa shape index (κ1) is 16.3. The number of carbonyl (C=O) groups excluding carboxylic acids is 1. The van der Waals surface area contributed by atoms with Gasteiger partial charge in [-0.25, -0.2) is 0 Å². The molecule has 0 N–H and O–H groups in total. The van der Waals surface area contributed by atoms with Gasteiger partial charge in [0.15, 0.2) is 0 Å². The number of fused-ring (bicyclic) bond motifs is 3. The summed E-state index contributed by atoms with van der Waals surface area (Å²) in [5.41, 5.74) is 3.04. The lowest BCUT2D eigenvalue weighted by Gasteiger charge is -2.57. The van der Waals surface area contributed by atoms with Crippen molar-refractivity contribution in [2.45, 2.75) is 66.2 Å². The van der Waals surface area contributed by atoms with Gasteiger partial charge in [-0.2, -0.15) is 0 Å². The van der Waals surface area contributed by atoms with Gasteiger partial charge in [0.1, 0.15) is 0 Å². The van der Waals surface area contributed by atoms with Crippen molar-refractivity contribution in [3.63, 3.8) is 0 Å². The monoisotopic (exact) mass is 320 g/mol. The molecular formula is C20H29ClO. The van der Waals surface area contributed by atoms with E-state index in [0.717, 1.165) is 19.3 Å². The maximum atomic E-state index is 12.2. The molecule has 4 atom stereocenters. The third-order valence-electron chi connectivity index (χ3n) is 7.03. The van der Waals surface area contributed by atoms with Crippen LogP contribution in [0.4, 0.5) is 0 Å². The Balaban J connectivity index is 2.00. The summed E-state index contributed by atoms with van der Waals surface area (Å²) >= 11 is 6.05. The molecule has 0 aromatic heterocycles. The maximum Gasteiger partial charge on any atom is 0.227 e. The molecule has 2 unspecified atom stereocenters. The molecule has 0 heterocycles. The highest BCUT2D eigenvalue weighted by atomic mass is 35.5. The van der Waals surface area contributed by atoms with Gasteiger partial charge in [0, 0.05) is 5.41 Å². The molecule has 0 bridgehead atoms. The molecule has 0 amide bonds. The van der Waals surface area contributed by atoms with E-state index in [1.54, 1.807) is 11.1 Å². The standard InChI is InChI=1S/C20H29ClO/c1-13(2)14-6-8-16-15(12-14)7-9-17-19(16,3)10-5-11-20(17,4)18(21)22/h7,12-13,16-17H,5-6,8-11H2,1-4H3/t16?,17?,19-,20-/m1/s1. The third kappa shape index (κ3) is 2.31. The zero-order chi connectivity index (χ0) is 16.1. The molecule has 22 heavy (non-hydrogen) atoms. The lowest BCUT2D eigenvalue weighted by molar-refractivity contribution is -0.133. The van der Waals surface area contributed by atoms with E-state index in [-0.39, 0.29) is 16.1 Å². The Morgan fingerprint density at radius 2 is 2.05 bits per heavy atom. The van der Waals surface area contributed by atoms with Crippen LogP contribution in [-0.2, 0) is 4.79 Å². The maximum absolute atomic E-state index is 12.2. The van der Waals surface area contributed by atoms with Gasteiger partial charge in [0.2, 0.25) is 5.24 Å². The lowest BCUT2D eigenvalue weighted by atomic mass is 9.47. The number of carbonyl (C=O) groups is 1. The van der Waals surface area contributed by atoms with E-state index in [1.165, 1.54) is 19.3 Å². The van der Waals surface area contributed by atoms with Crippen LogP contribution in [0, 0.1) is 28.6 Å². The Labute approximate surface area is 140 Å². The van der Waals surface area contributed by atoms with Crippen LogP contribution in [0.3, 0.4) is 0 Å². The molecule has 1 saturated carbocycles. The zero-order valence-electron chi connectivity index (χ0n) is 14.4. The lowest BCUT2D eigenvalue weighted by Crippen LogP contribution is -2.52. The molecule has 0 spiro atoms. The first-order valence-corrected chi connectivity index (χ1v) is 9.27. The summed E-state index contributed by atoms with van der Waals surface area (Å²) in [6.45, 7) is 9.13. The van der Waals surface area contributed by atoms with Crippen molar-refractivity contribution in [2.75, 3.05) is 0 Å². The molecular weight excluding hydrogens is 292 g/mol. The Kier molecular flexibility index (Phi) is 4.08. The Bertz CT molecular complexity index is 544. The molecule has 0 aromatic rings.